The molecule has 5 fully saturated rings. The van der Waals surface area contributed by atoms with Crippen molar-refractivity contribution in [2.45, 2.75) is 185 Å². The minimum atomic E-state index is -4.84. The number of benzene rings is 3. The fourth-order valence-corrected chi connectivity index (χ4v) is 12.8. The molecule has 42 heteroatoms. The van der Waals surface area contributed by atoms with Gasteiger partial charge in [-0.3, -0.25) is 38.8 Å². The monoisotopic (exact) mass is 1500 g/mol. The van der Waals surface area contributed by atoms with Gasteiger partial charge in [0.2, 0.25) is 41.7 Å². The maximum absolute atomic E-state index is 15.2. The number of hydrogen-bond donors (Lipinski definition) is 21. The molecule has 3 aromatic carbocycles. The number of halogens is 4. The molecule has 6 amide bonds. The summed E-state index contributed by atoms with van der Waals surface area (Å²) >= 11 is 0. The molecule has 0 radical (unpaired) electrons. The molecule has 26 unspecified atom stereocenters. The lowest BCUT2D eigenvalue weighted by atomic mass is 9.92. The number of alkyl halides is 4. The van der Waals surface area contributed by atoms with Gasteiger partial charge in [0.15, 0.2) is 30.7 Å². The van der Waals surface area contributed by atoms with Crippen LogP contribution < -0.4 is 58.2 Å². The number of aliphatic hydroxyl groups excluding tert-OH is 12. The summed E-state index contributed by atoms with van der Waals surface area (Å²) in [6.07, 6.45) is -42.2. The van der Waals surface area contributed by atoms with E-state index in [9.17, 15) is 98.0 Å². The van der Waals surface area contributed by atoms with Crippen molar-refractivity contribution >= 4 is 47.4 Å². The second-order valence-electron chi connectivity index (χ2n) is 25.7. The van der Waals surface area contributed by atoms with Crippen LogP contribution in [0, 0.1) is 0 Å². The second kappa shape index (κ2) is 34.0. The highest BCUT2D eigenvalue weighted by atomic mass is 19.3. The van der Waals surface area contributed by atoms with E-state index in [-0.39, 0.29) is 29.4 Å². The number of carbonyl (C=O) groups excluding carboxylic acids is 6. The third-order valence-corrected chi connectivity index (χ3v) is 18.6. The molecule has 38 nitrogen and oxygen atoms in total. The number of nitrogens with zero attached hydrogens (tertiary/aromatic N) is 3. The lowest BCUT2D eigenvalue weighted by Crippen LogP contribution is -2.70. The molecule has 26 atom stereocenters. The summed E-state index contributed by atoms with van der Waals surface area (Å²) in [5.41, 5.74) is 12.8. The summed E-state index contributed by atoms with van der Waals surface area (Å²) in [4.78, 5) is 96.5. The van der Waals surface area contributed by atoms with Gasteiger partial charge in [-0.15, -0.1) is 0 Å². The summed E-state index contributed by atoms with van der Waals surface area (Å²) < 4.78 is 97.9. The molecule has 578 valence electrons. The Kier molecular flexibility index (Phi) is 25.7. The van der Waals surface area contributed by atoms with E-state index in [0.29, 0.717) is 5.56 Å². The van der Waals surface area contributed by atoms with Gasteiger partial charge in [0.05, 0.1) is 58.1 Å². The van der Waals surface area contributed by atoms with Gasteiger partial charge < -0.3 is 153 Å². The zero-order valence-electron chi connectivity index (χ0n) is 55.3. The van der Waals surface area contributed by atoms with Crippen LogP contribution in [0.25, 0.3) is 0 Å². The number of guanidine groups is 2. The molecule has 0 saturated carbocycles. The van der Waals surface area contributed by atoms with Gasteiger partial charge in [-0.1, -0.05) is 61.5 Å². The van der Waals surface area contributed by atoms with Crippen LogP contribution in [0.3, 0.4) is 0 Å². The number of ether oxygens (including phenoxy) is 8. The van der Waals surface area contributed by atoms with Crippen LogP contribution in [-0.2, 0) is 63.6 Å². The molecule has 0 spiro atoms. The minimum absolute atomic E-state index is 0.0118. The molecule has 3 aromatic rings. The highest BCUT2D eigenvalue weighted by molar-refractivity contribution is 5.98. The lowest BCUT2D eigenvalue weighted by Gasteiger charge is -2.48. The summed E-state index contributed by atoms with van der Waals surface area (Å²) in [7, 11) is 0. The molecular formula is C63H82F4N12O26. The fourth-order valence-electron chi connectivity index (χ4n) is 12.8. The first-order valence-corrected chi connectivity index (χ1v) is 32.9. The number of rotatable bonds is 20. The topological polar surface area (TPSA) is 583 Å². The van der Waals surface area contributed by atoms with Crippen molar-refractivity contribution in [3.05, 3.63) is 95.6 Å². The smallest absolute Gasteiger partial charge is 0.461 e. The highest BCUT2D eigenvalue weighted by Crippen LogP contribution is 2.39. The molecule has 7 aliphatic rings. The summed E-state index contributed by atoms with van der Waals surface area (Å²) in [6.45, 7) is -3.75. The Hall–Kier alpha value is -8.38. The first kappa shape index (κ1) is 79.2. The standard InChI is InChI=1S/C63H82F4N12O26/c1-23(25-6-3-2-4-7-25)37-53(95)73-29(14-24-10-12-27(13-11-24)99-58-47(91)44(88)49(34(21-82)101-58)104-59-48(92)45(89)50-35(102-59)22-98-57(103-50)26-8-5-9-28(15-26)105-63(66,67)60(64)65)52(94)77-38(40(84)30-16-71-61(68)75-30)55(97)78-39(54(96)74-31(19-80)51(93)70-18-36(83)76-37)41(85)32-17-72-62(69)79(32)56-46(90)43(87)42(86)33(20-81)100-56/h2-13,15,23,29-35,37-50,56-60,80-82,84-92H,14,16-22H2,1H3,(H2,69,72)(H,70,93)(H,73,95)(H,74,96)(H,76,83)(H,77,94)(H,78,97)(H3,68,71,75). The van der Waals surface area contributed by atoms with E-state index in [1.165, 1.54) is 36.4 Å². The zero-order chi connectivity index (χ0) is 76.0. The number of aliphatic hydroxyl groups is 12. The van der Waals surface area contributed by atoms with E-state index >= 15 is 9.59 Å². The van der Waals surface area contributed by atoms with Crippen LogP contribution in [0.15, 0.2) is 88.8 Å². The van der Waals surface area contributed by atoms with Crippen molar-refractivity contribution in [1.29, 1.82) is 0 Å². The summed E-state index contributed by atoms with van der Waals surface area (Å²) in [5.74, 6) is -9.92. The first-order valence-electron chi connectivity index (χ1n) is 32.9. The van der Waals surface area contributed by atoms with Gasteiger partial charge in [0.1, 0.15) is 127 Å². The van der Waals surface area contributed by atoms with Crippen molar-refractivity contribution in [2.75, 3.05) is 46.1 Å². The van der Waals surface area contributed by atoms with Crippen molar-refractivity contribution < 1.29 is 146 Å². The van der Waals surface area contributed by atoms with Crippen LogP contribution in [0.4, 0.5) is 17.6 Å². The molecule has 7 aliphatic heterocycles. The molecule has 0 aromatic heterocycles. The van der Waals surface area contributed by atoms with Gasteiger partial charge in [0.25, 0.3) is 0 Å². The van der Waals surface area contributed by atoms with Crippen molar-refractivity contribution in [3.63, 3.8) is 0 Å². The number of amides is 6. The van der Waals surface area contributed by atoms with Crippen molar-refractivity contribution in [2.24, 2.45) is 21.5 Å². The van der Waals surface area contributed by atoms with Crippen LogP contribution in [-0.4, -0.2) is 319 Å². The Morgan fingerprint density at radius 3 is 1.95 bits per heavy atom. The molecule has 23 N–H and O–H groups in total. The van der Waals surface area contributed by atoms with Crippen LogP contribution in [0.2, 0.25) is 0 Å². The highest BCUT2D eigenvalue weighted by Gasteiger charge is 2.56. The van der Waals surface area contributed by atoms with Gasteiger partial charge in [-0.25, -0.2) is 0 Å². The van der Waals surface area contributed by atoms with E-state index in [1.807, 2.05) is 0 Å². The molecule has 7 heterocycles. The number of fused-ring (bicyclic) bond motifs is 1. The first-order chi connectivity index (χ1) is 49.9. The van der Waals surface area contributed by atoms with Gasteiger partial charge in [0, 0.05) is 17.9 Å². The molecule has 0 bridgehead atoms. The predicted octanol–water partition coefficient (Wildman–Crippen LogP) is -9.61. The fraction of sp³-hybridized carbons (Fsp3) is 0.587. The van der Waals surface area contributed by atoms with Crippen molar-refractivity contribution in [1.82, 2.24) is 42.1 Å². The number of nitrogens with one attached hydrogen (secondary N) is 7. The zero-order valence-corrected chi connectivity index (χ0v) is 55.3. The minimum Gasteiger partial charge on any atom is -0.462 e. The summed E-state index contributed by atoms with van der Waals surface area (Å²) in [6, 6.07) is 4.85. The molecule has 0 aliphatic carbocycles. The van der Waals surface area contributed by atoms with Crippen LogP contribution in [0.1, 0.15) is 35.8 Å². The van der Waals surface area contributed by atoms with Gasteiger partial charge in [-0.2, -0.15) is 17.6 Å². The number of hydrogen-bond acceptors (Lipinski definition) is 32. The Labute approximate surface area is 592 Å². The van der Waals surface area contributed by atoms with Crippen molar-refractivity contribution in [3.8, 4) is 11.5 Å². The molecule has 105 heavy (non-hydrogen) atoms. The van der Waals surface area contributed by atoms with Gasteiger partial charge >= 0.3 is 12.5 Å². The number of carbonyl (C=O) groups is 6. The third kappa shape index (κ3) is 17.9. The SMILES string of the molecule is CC(c1ccccc1)C1NC(=O)CNC(=O)C(CO)NC(=O)C(C(O)C2CN=C(N)N2C2OC(CO)C(O)C(O)C2O)NC(=O)C(C(O)C2CN=C(N)N2)NC(=O)C(Cc2ccc(OC3OC(CO)C(OC4OC5COC(c6cccc(OC(F)(F)C(F)F)c6)OC5C(O)C4O)C(O)C3O)cc2)NC1=O. The maximum Gasteiger partial charge on any atom is 0.461 e. The quantitative estimate of drug-likeness (QED) is 0.0467. The second-order valence-corrected chi connectivity index (χ2v) is 25.7. The Morgan fingerprint density at radius 1 is 0.629 bits per heavy atom. The number of aliphatic imine (C=N–C) groups is 2. The third-order valence-electron chi connectivity index (χ3n) is 18.6. The normalized spacial score (nSPS) is 35.6. The van der Waals surface area contributed by atoms with E-state index in [1.54, 1.807) is 37.3 Å². The molecular weight excluding hydrogens is 1420 g/mol. The van der Waals surface area contributed by atoms with Crippen LogP contribution >= 0.6 is 0 Å². The van der Waals surface area contributed by atoms with Gasteiger partial charge in [-0.05, 0) is 35.4 Å². The van der Waals surface area contributed by atoms with E-state index in [2.05, 4.69) is 51.9 Å². The van der Waals surface area contributed by atoms with E-state index in [0.717, 1.165) is 17.0 Å². The Bertz CT molecular complexity index is 3590. The predicted molar refractivity (Wildman–Crippen MR) is 342 cm³/mol. The summed E-state index contributed by atoms with van der Waals surface area (Å²) in [5, 5.41) is 150. The molecule has 10 rings (SSSR count). The average molecular weight is 1500 g/mol. The largest absolute Gasteiger partial charge is 0.462 e. The Balaban J connectivity index is 0.886. The number of nitrogens with two attached hydrogens (primary N) is 2. The maximum atomic E-state index is 15.2. The Morgan fingerprint density at radius 2 is 1.29 bits per heavy atom. The molecule has 5 saturated heterocycles. The van der Waals surface area contributed by atoms with E-state index in [4.69, 9.17) is 44.6 Å². The average Bonchev–Trinajstić information content (AvgIpc) is 1.76. The van der Waals surface area contributed by atoms with Crippen LogP contribution in [0.5, 0.6) is 11.5 Å². The van der Waals surface area contributed by atoms with E-state index < -0.39 is 264 Å². The lowest BCUT2D eigenvalue weighted by molar-refractivity contribution is -0.383.